The third-order valence-corrected chi connectivity index (χ3v) is 9.76. The highest BCUT2D eigenvalue weighted by atomic mass is 19.2. The summed E-state index contributed by atoms with van der Waals surface area (Å²) in [7, 11) is 0. The third-order valence-electron chi connectivity index (χ3n) is 9.76. The predicted octanol–water partition coefficient (Wildman–Crippen LogP) is 13.0. The minimum atomic E-state index is -1.09. The van der Waals surface area contributed by atoms with Crippen molar-refractivity contribution in [1.82, 2.24) is 0 Å². The molecule has 0 atom stereocenters. The molecule has 0 bridgehead atoms. The van der Waals surface area contributed by atoms with E-state index in [4.69, 9.17) is 18.9 Å². The van der Waals surface area contributed by atoms with Crippen LogP contribution in [0.4, 0.5) is 17.6 Å². The van der Waals surface area contributed by atoms with Gasteiger partial charge in [-0.3, -0.25) is 0 Å². The zero-order valence-electron chi connectivity index (χ0n) is 35.1. The SMILES string of the molecule is CCCCCCCCOc1ccc(C#Cc2ccc(C(=O)Oc3cccc(OC(=O)c4ccc(C#Cc5ccc(OCCCCCCCC)c(F)c5F)cc4)c3)cc2)c(F)c1F. The third kappa shape index (κ3) is 14.3. The van der Waals surface area contributed by atoms with Crippen LogP contribution in [0.5, 0.6) is 23.0 Å². The number of carbonyl (C=O) groups is 2. The molecule has 0 N–H and O–H groups in total. The van der Waals surface area contributed by atoms with Crippen LogP contribution in [0.3, 0.4) is 0 Å². The fourth-order valence-electron chi connectivity index (χ4n) is 6.20. The molecule has 0 aliphatic heterocycles. The van der Waals surface area contributed by atoms with E-state index in [1.165, 1.54) is 79.6 Å². The Bertz CT molecular complexity index is 2220. The fourth-order valence-corrected chi connectivity index (χ4v) is 6.20. The average molecular weight is 847 g/mol. The fraction of sp³-hybridized carbons (Fsp3) is 0.308. The second-order valence-electron chi connectivity index (χ2n) is 14.6. The maximum Gasteiger partial charge on any atom is 0.343 e. The van der Waals surface area contributed by atoms with Crippen molar-refractivity contribution < 1.29 is 46.1 Å². The summed E-state index contributed by atoms with van der Waals surface area (Å²) in [5.74, 6) is 5.03. The normalized spacial score (nSPS) is 10.5. The molecule has 5 aromatic carbocycles. The summed E-state index contributed by atoms with van der Waals surface area (Å²) in [6.07, 6.45) is 12.6. The number of benzene rings is 5. The van der Waals surface area contributed by atoms with Gasteiger partial charge in [0.15, 0.2) is 23.1 Å². The molecule has 6 nitrogen and oxygen atoms in total. The molecule has 0 radical (unpaired) electrons. The van der Waals surface area contributed by atoms with Gasteiger partial charge < -0.3 is 18.9 Å². The van der Waals surface area contributed by atoms with E-state index in [1.54, 1.807) is 30.3 Å². The molecular formula is C52H50F4O6. The first-order chi connectivity index (χ1) is 30.2. The molecule has 0 spiro atoms. The monoisotopic (exact) mass is 846 g/mol. The molecule has 0 amide bonds. The molecule has 322 valence electrons. The molecule has 0 aromatic heterocycles. The molecule has 0 fully saturated rings. The highest BCUT2D eigenvalue weighted by Crippen LogP contribution is 2.25. The van der Waals surface area contributed by atoms with E-state index in [9.17, 15) is 27.2 Å². The Balaban J connectivity index is 1.10. The molecule has 0 saturated heterocycles. The zero-order chi connectivity index (χ0) is 44.1. The zero-order valence-corrected chi connectivity index (χ0v) is 35.1. The number of hydrogen-bond acceptors (Lipinski definition) is 6. The van der Waals surface area contributed by atoms with Gasteiger partial charge in [0.25, 0.3) is 0 Å². The van der Waals surface area contributed by atoms with E-state index < -0.39 is 35.2 Å². The topological polar surface area (TPSA) is 71.1 Å². The number of unbranched alkanes of at least 4 members (excludes halogenated alkanes) is 10. The van der Waals surface area contributed by atoms with Crippen LogP contribution in [-0.4, -0.2) is 25.2 Å². The first kappa shape index (κ1) is 46.5. The molecular weight excluding hydrogens is 797 g/mol. The molecule has 62 heavy (non-hydrogen) atoms. The van der Waals surface area contributed by atoms with Gasteiger partial charge in [-0.25, -0.2) is 18.4 Å². The summed E-state index contributed by atoms with van der Waals surface area (Å²) >= 11 is 0. The van der Waals surface area contributed by atoms with E-state index in [0.717, 1.165) is 64.2 Å². The van der Waals surface area contributed by atoms with E-state index in [1.807, 2.05) is 0 Å². The summed E-state index contributed by atoms with van der Waals surface area (Å²) in [4.78, 5) is 25.8. The first-order valence-electron chi connectivity index (χ1n) is 21.2. The minimum Gasteiger partial charge on any atom is -0.490 e. The smallest absolute Gasteiger partial charge is 0.343 e. The van der Waals surface area contributed by atoms with Crippen LogP contribution in [-0.2, 0) is 0 Å². The number of esters is 2. The van der Waals surface area contributed by atoms with Gasteiger partial charge in [-0.1, -0.05) is 108 Å². The number of carbonyl (C=O) groups excluding carboxylic acids is 2. The van der Waals surface area contributed by atoms with Gasteiger partial charge in [0, 0.05) is 17.2 Å². The number of ether oxygens (including phenoxy) is 4. The summed E-state index contributed by atoms with van der Waals surface area (Å²) in [6, 6.07) is 23.6. The minimum absolute atomic E-state index is 0.118. The molecule has 5 rings (SSSR count). The van der Waals surface area contributed by atoms with Crippen molar-refractivity contribution in [2.45, 2.75) is 90.9 Å². The number of hydrogen-bond donors (Lipinski definition) is 0. The van der Waals surface area contributed by atoms with Crippen molar-refractivity contribution >= 4 is 11.9 Å². The van der Waals surface area contributed by atoms with Crippen molar-refractivity contribution in [1.29, 1.82) is 0 Å². The lowest BCUT2D eigenvalue weighted by Gasteiger charge is -2.08. The maximum atomic E-state index is 14.7. The van der Waals surface area contributed by atoms with Crippen molar-refractivity contribution in [2.75, 3.05) is 13.2 Å². The standard InChI is InChI=1S/C52H50F4O6/c1-3-5-7-9-11-13-34-59-45-32-30-39(47(53)49(45)55)24-18-37-20-26-41(27-21-37)51(57)61-43-16-15-17-44(36-43)62-52(58)42-28-22-38(23-29-42)19-25-40-31-33-46(50(56)48(40)54)60-35-14-12-10-8-6-4-2/h15-17,20-23,26-33,36H,3-14,34-35H2,1-2H3. The Morgan fingerprint density at radius 3 is 1.24 bits per heavy atom. The van der Waals surface area contributed by atoms with Crippen molar-refractivity contribution in [3.8, 4) is 46.7 Å². The highest BCUT2D eigenvalue weighted by molar-refractivity contribution is 5.92. The molecule has 10 heteroatoms. The quantitative estimate of drug-likeness (QED) is 0.0255. The van der Waals surface area contributed by atoms with Crippen LogP contribution >= 0.6 is 0 Å². The van der Waals surface area contributed by atoms with Crippen LogP contribution < -0.4 is 18.9 Å². The van der Waals surface area contributed by atoms with Crippen molar-refractivity contribution in [3.63, 3.8) is 0 Å². The lowest BCUT2D eigenvalue weighted by atomic mass is 10.1. The van der Waals surface area contributed by atoms with Gasteiger partial charge in [-0.05, 0) is 97.8 Å². The van der Waals surface area contributed by atoms with Gasteiger partial charge >= 0.3 is 11.9 Å². The molecule has 0 saturated carbocycles. The van der Waals surface area contributed by atoms with Gasteiger partial charge in [0.2, 0.25) is 11.6 Å². The molecule has 0 aliphatic rings. The van der Waals surface area contributed by atoms with E-state index in [-0.39, 0.29) is 45.3 Å². The van der Waals surface area contributed by atoms with Crippen molar-refractivity contribution in [2.24, 2.45) is 0 Å². The van der Waals surface area contributed by atoms with E-state index >= 15 is 0 Å². The van der Waals surface area contributed by atoms with Crippen LogP contribution in [0.15, 0.2) is 97.1 Å². The lowest BCUT2D eigenvalue weighted by molar-refractivity contribution is 0.0732. The van der Waals surface area contributed by atoms with Crippen LogP contribution in [0.2, 0.25) is 0 Å². The Hall–Kier alpha value is -6.52. The molecule has 0 heterocycles. The summed E-state index contributed by atoms with van der Waals surface area (Å²) < 4.78 is 80.7. The average Bonchev–Trinajstić information content (AvgIpc) is 3.28. The van der Waals surface area contributed by atoms with Crippen molar-refractivity contribution in [3.05, 3.63) is 154 Å². The maximum absolute atomic E-state index is 14.7. The Kier molecular flexibility index (Phi) is 18.5. The molecule has 5 aromatic rings. The van der Waals surface area contributed by atoms with Gasteiger partial charge in [-0.2, -0.15) is 8.78 Å². The van der Waals surface area contributed by atoms with Crippen LogP contribution in [0, 0.1) is 47.0 Å². The second-order valence-corrected chi connectivity index (χ2v) is 14.6. The van der Waals surface area contributed by atoms with Gasteiger partial charge in [-0.15, -0.1) is 0 Å². The van der Waals surface area contributed by atoms with E-state index in [2.05, 4.69) is 37.5 Å². The molecule has 0 aliphatic carbocycles. The van der Waals surface area contributed by atoms with Gasteiger partial charge in [0.05, 0.1) is 35.5 Å². The summed E-state index contributed by atoms with van der Waals surface area (Å²) in [6.45, 7) is 4.90. The first-order valence-corrected chi connectivity index (χ1v) is 21.2. The molecule has 0 unspecified atom stereocenters. The lowest BCUT2D eigenvalue weighted by Crippen LogP contribution is -2.10. The second kappa shape index (κ2) is 24.7. The Morgan fingerprint density at radius 1 is 0.452 bits per heavy atom. The highest BCUT2D eigenvalue weighted by Gasteiger charge is 2.16. The number of rotatable bonds is 20. The van der Waals surface area contributed by atoms with E-state index in [0.29, 0.717) is 24.3 Å². The summed E-state index contributed by atoms with van der Waals surface area (Å²) in [5.41, 5.74) is 1.05. The summed E-state index contributed by atoms with van der Waals surface area (Å²) in [5, 5.41) is 0. The predicted molar refractivity (Wildman–Crippen MR) is 232 cm³/mol. The van der Waals surface area contributed by atoms with Crippen LogP contribution in [0.25, 0.3) is 0 Å². The van der Waals surface area contributed by atoms with Crippen LogP contribution in [0.1, 0.15) is 134 Å². The largest absolute Gasteiger partial charge is 0.490 e. The van der Waals surface area contributed by atoms with Gasteiger partial charge in [0.1, 0.15) is 11.5 Å². The number of halogens is 4. The Labute approximate surface area is 361 Å². The Morgan fingerprint density at radius 2 is 0.839 bits per heavy atom.